The molecular formula is C11H12BrN3O2. The molecule has 0 saturated carbocycles. The quantitative estimate of drug-likeness (QED) is 0.943. The Kier molecular flexibility index (Phi) is 3.06. The van der Waals surface area contributed by atoms with E-state index in [0.717, 1.165) is 15.7 Å². The highest BCUT2D eigenvalue weighted by molar-refractivity contribution is 9.10. The molecule has 5 nitrogen and oxygen atoms in total. The van der Waals surface area contributed by atoms with Crippen LogP contribution in [0.3, 0.4) is 0 Å². The number of carbonyl (C=O) groups is 1. The zero-order valence-electron chi connectivity index (χ0n) is 9.51. The number of carboxylic acids is 1. The minimum atomic E-state index is -0.933. The second-order valence-electron chi connectivity index (χ2n) is 3.86. The molecule has 1 N–H and O–H groups in total. The fraction of sp³-hybridized carbons (Fsp3) is 0.273. The Bertz CT molecular complexity index is 571. The molecule has 90 valence electrons. The van der Waals surface area contributed by atoms with E-state index >= 15 is 0 Å². The van der Waals surface area contributed by atoms with E-state index in [1.807, 2.05) is 14.0 Å². The topological polar surface area (TPSA) is 60.1 Å². The van der Waals surface area contributed by atoms with Gasteiger partial charge in [0.2, 0.25) is 0 Å². The summed E-state index contributed by atoms with van der Waals surface area (Å²) in [6.07, 6.45) is 3.52. The van der Waals surface area contributed by atoms with Gasteiger partial charge in [-0.3, -0.25) is 4.68 Å². The summed E-state index contributed by atoms with van der Waals surface area (Å²) >= 11 is 3.28. The first kappa shape index (κ1) is 11.9. The van der Waals surface area contributed by atoms with Crippen molar-refractivity contribution < 1.29 is 9.90 Å². The van der Waals surface area contributed by atoms with Crippen LogP contribution >= 0.6 is 15.9 Å². The van der Waals surface area contributed by atoms with E-state index in [0.29, 0.717) is 6.54 Å². The van der Waals surface area contributed by atoms with Crippen molar-refractivity contribution in [3.8, 4) is 0 Å². The smallest absolute Gasteiger partial charge is 0.352 e. The fourth-order valence-electron chi connectivity index (χ4n) is 1.67. The SMILES string of the molecule is Cc1c(Cn2cc(Br)cc2C(=O)O)cnn1C. The van der Waals surface area contributed by atoms with Gasteiger partial charge >= 0.3 is 5.97 Å². The maximum absolute atomic E-state index is 11.1. The number of aryl methyl sites for hydroxylation is 1. The van der Waals surface area contributed by atoms with Crippen LogP contribution in [0, 0.1) is 6.92 Å². The summed E-state index contributed by atoms with van der Waals surface area (Å²) in [5.41, 5.74) is 2.31. The van der Waals surface area contributed by atoms with Crippen LogP contribution < -0.4 is 0 Å². The molecule has 0 atom stereocenters. The molecule has 0 aromatic carbocycles. The van der Waals surface area contributed by atoms with E-state index in [1.54, 1.807) is 27.7 Å². The lowest BCUT2D eigenvalue weighted by molar-refractivity contribution is 0.0685. The van der Waals surface area contributed by atoms with Crippen LogP contribution in [0.4, 0.5) is 0 Å². The summed E-state index contributed by atoms with van der Waals surface area (Å²) in [4.78, 5) is 11.1. The van der Waals surface area contributed by atoms with E-state index in [1.165, 1.54) is 0 Å². The van der Waals surface area contributed by atoms with Gasteiger partial charge in [-0.15, -0.1) is 0 Å². The predicted molar refractivity (Wildman–Crippen MR) is 66.1 cm³/mol. The predicted octanol–water partition coefficient (Wildman–Crippen LogP) is 2.04. The lowest BCUT2D eigenvalue weighted by atomic mass is 10.2. The molecule has 0 radical (unpaired) electrons. The van der Waals surface area contributed by atoms with Gasteiger partial charge in [-0.2, -0.15) is 5.10 Å². The summed E-state index contributed by atoms with van der Waals surface area (Å²) in [6, 6.07) is 1.59. The lowest BCUT2D eigenvalue weighted by Crippen LogP contribution is -2.09. The number of rotatable bonds is 3. The average Bonchev–Trinajstić information content (AvgIpc) is 2.76. The van der Waals surface area contributed by atoms with Gasteiger partial charge in [0.05, 0.1) is 12.7 Å². The molecule has 0 aliphatic heterocycles. The van der Waals surface area contributed by atoms with Crippen molar-refractivity contribution >= 4 is 21.9 Å². The van der Waals surface area contributed by atoms with E-state index in [2.05, 4.69) is 21.0 Å². The van der Waals surface area contributed by atoms with Crippen molar-refractivity contribution in [3.05, 3.63) is 39.9 Å². The molecule has 0 aliphatic rings. The summed E-state index contributed by atoms with van der Waals surface area (Å²) in [7, 11) is 1.86. The van der Waals surface area contributed by atoms with Gasteiger partial charge in [0.1, 0.15) is 5.69 Å². The number of aromatic carboxylic acids is 1. The molecule has 0 spiro atoms. The van der Waals surface area contributed by atoms with Gasteiger partial charge in [0, 0.05) is 29.0 Å². The highest BCUT2D eigenvalue weighted by Gasteiger charge is 2.13. The third-order valence-electron chi connectivity index (χ3n) is 2.76. The van der Waals surface area contributed by atoms with Crippen molar-refractivity contribution in [2.45, 2.75) is 13.5 Å². The fourth-order valence-corrected chi connectivity index (χ4v) is 2.13. The Morgan fingerprint density at radius 2 is 2.29 bits per heavy atom. The Balaban J connectivity index is 2.36. The first-order valence-corrected chi connectivity index (χ1v) is 5.85. The van der Waals surface area contributed by atoms with E-state index < -0.39 is 5.97 Å². The standard InChI is InChI=1S/C11H12BrN3O2/c1-7-8(4-13-14(7)2)5-15-6-9(12)3-10(15)11(16)17/h3-4,6H,5H2,1-2H3,(H,16,17). The third kappa shape index (κ3) is 2.26. The second kappa shape index (κ2) is 4.37. The minimum absolute atomic E-state index is 0.264. The monoisotopic (exact) mass is 297 g/mol. The molecule has 17 heavy (non-hydrogen) atoms. The Morgan fingerprint density at radius 1 is 1.59 bits per heavy atom. The molecule has 2 rings (SSSR count). The van der Waals surface area contributed by atoms with Gasteiger partial charge in [-0.05, 0) is 28.9 Å². The molecule has 6 heteroatoms. The Labute approximate surface area is 107 Å². The first-order valence-electron chi connectivity index (χ1n) is 5.05. The molecule has 2 aromatic rings. The number of nitrogens with zero attached hydrogens (tertiary/aromatic N) is 3. The van der Waals surface area contributed by atoms with Crippen molar-refractivity contribution in [1.82, 2.24) is 14.3 Å². The van der Waals surface area contributed by atoms with Crippen LogP contribution in [0.5, 0.6) is 0 Å². The zero-order valence-corrected chi connectivity index (χ0v) is 11.1. The molecular weight excluding hydrogens is 286 g/mol. The van der Waals surface area contributed by atoms with Gasteiger partial charge in [-0.25, -0.2) is 4.79 Å². The maximum Gasteiger partial charge on any atom is 0.352 e. The minimum Gasteiger partial charge on any atom is -0.477 e. The van der Waals surface area contributed by atoms with Gasteiger partial charge in [0.25, 0.3) is 0 Å². The average molecular weight is 298 g/mol. The van der Waals surface area contributed by atoms with Crippen molar-refractivity contribution in [3.63, 3.8) is 0 Å². The van der Waals surface area contributed by atoms with E-state index in [9.17, 15) is 4.79 Å². The van der Waals surface area contributed by atoms with Crippen LogP contribution in [0.1, 0.15) is 21.7 Å². The number of hydrogen-bond donors (Lipinski definition) is 1. The highest BCUT2D eigenvalue weighted by Crippen LogP contribution is 2.17. The number of halogens is 1. The van der Waals surface area contributed by atoms with Crippen LogP contribution in [0.15, 0.2) is 22.9 Å². The molecule has 0 aliphatic carbocycles. The third-order valence-corrected chi connectivity index (χ3v) is 3.19. The Morgan fingerprint density at radius 3 is 2.82 bits per heavy atom. The summed E-state index contributed by atoms with van der Waals surface area (Å²) < 4.78 is 4.22. The molecule has 0 fully saturated rings. The molecule has 0 saturated heterocycles. The van der Waals surface area contributed by atoms with Crippen LogP contribution in [0.2, 0.25) is 0 Å². The Hall–Kier alpha value is -1.56. The van der Waals surface area contributed by atoms with Crippen molar-refractivity contribution in [1.29, 1.82) is 0 Å². The molecule has 0 unspecified atom stereocenters. The van der Waals surface area contributed by atoms with Crippen molar-refractivity contribution in [2.75, 3.05) is 0 Å². The molecule has 0 bridgehead atoms. The van der Waals surface area contributed by atoms with E-state index in [4.69, 9.17) is 5.11 Å². The van der Waals surface area contributed by atoms with E-state index in [-0.39, 0.29) is 5.69 Å². The zero-order chi connectivity index (χ0) is 12.6. The largest absolute Gasteiger partial charge is 0.477 e. The summed E-state index contributed by atoms with van der Waals surface area (Å²) in [5.74, 6) is -0.933. The molecule has 2 aromatic heterocycles. The second-order valence-corrected chi connectivity index (χ2v) is 4.77. The van der Waals surface area contributed by atoms with Crippen molar-refractivity contribution in [2.24, 2.45) is 7.05 Å². The number of aromatic nitrogens is 3. The normalized spacial score (nSPS) is 10.8. The van der Waals surface area contributed by atoms with Gasteiger partial charge < -0.3 is 9.67 Å². The summed E-state index contributed by atoms with van der Waals surface area (Å²) in [5, 5.41) is 13.2. The van der Waals surface area contributed by atoms with Crippen LogP contribution in [-0.4, -0.2) is 25.4 Å². The van der Waals surface area contributed by atoms with Gasteiger partial charge in [-0.1, -0.05) is 0 Å². The number of carboxylic acid groups (broad SMARTS) is 1. The molecule has 2 heterocycles. The first-order chi connectivity index (χ1) is 7.99. The highest BCUT2D eigenvalue weighted by atomic mass is 79.9. The maximum atomic E-state index is 11.1. The number of hydrogen-bond acceptors (Lipinski definition) is 2. The molecule has 0 amide bonds. The van der Waals surface area contributed by atoms with Crippen LogP contribution in [-0.2, 0) is 13.6 Å². The van der Waals surface area contributed by atoms with Gasteiger partial charge in [0.15, 0.2) is 0 Å². The van der Waals surface area contributed by atoms with Crippen LogP contribution in [0.25, 0.3) is 0 Å². The summed E-state index contributed by atoms with van der Waals surface area (Å²) in [6.45, 7) is 2.47. The lowest BCUT2D eigenvalue weighted by Gasteiger charge is -2.05.